The molecule has 94 valence electrons. The molecule has 1 atom stereocenters. The number of hydrogen-bond donors (Lipinski definition) is 2. The molecule has 1 aliphatic heterocycles. The van der Waals surface area contributed by atoms with Crippen LogP contribution in [-0.2, 0) is 14.3 Å². The molecule has 0 aromatic carbocycles. The third-order valence-electron chi connectivity index (χ3n) is 2.60. The second-order valence-corrected chi connectivity index (χ2v) is 4.18. The van der Waals surface area contributed by atoms with E-state index in [0.29, 0.717) is 32.8 Å². The first-order chi connectivity index (χ1) is 7.69. The summed E-state index contributed by atoms with van der Waals surface area (Å²) in [5.41, 5.74) is 5.08. The summed E-state index contributed by atoms with van der Waals surface area (Å²) in [5, 5.41) is 2.82. The van der Waals surface area contributed by atoms with E-state index in [1.54, 1.807) is 0 Å². The normalized spacial score (nSPS) is 24.6. The van der Waals surface area contributed by atoms with E-state index < -0.39 is 5.54 Å². The zero-order valence-corrected chi connectivity index (χ0v) is 9.96. The van der Waals surface area contributed by atoms with Crippen molar-refractivity contribution in [3.05, 3.63) is 0 Å². The molecule has 5 heteroatoms. The maximum absolute atomic E-state index is 11.7. The van der Waals surface area contributed by atoms with Gasteiger partial charge in [-0.1, -0.05) is 6.92 Å². The zero-order chi connectivity index (χ0) is 11.9. The van der Waals surface area contributed by atoms with Crippen LogP contribution in [0.4, 0.5) is 0 Å². The molecule has 3 N–H and O–H groups in total. The number of hydrogen-bond acceptors (Lipinski definition) is 4. The number of nitrogens with one attached hydrogen (secondary N) is 1. The van der Waals surface area contributed by atoms with Gasteiger partial charge in [-0.05, 0) is 19.3 Å². The summed E-state index contributed by atoms with van der Waals surface area (Å²) in [6.45, 7) is 5.04. The van der Waals surface area contributed by atoms with Crippen LogP contribution < -0.4 is 11.1 Å². The number of ether oxygens (including phenoxy) is 2. The minimum absolute atomic E-state index is 0.111. The average Bonchev–Trinajstić information content (AvgIpc) is 2.71. The highest BCUT2D eigenvalue weighted by molar-refractivity contribution is 5.86. The molecule has 1 heterocycles. The zero-order valence-electron chi connectivity index (χ0n) is 9.96. The van der Waals surface area contributed by atoms with E-state index >= 15 is 0 Å². The first kappa shape index (κ1) is 13.4. The molecule has 1 fully saturated rings. The molecule has 0 saturated carbocycles. The second-order valence-electron chi connectivity index (χ2n) is 4.18. The standard InChI is InChI=1S/C11H22N2O3/c1-2-6-15-7-3-5-13-10(14)11(12)4-8-16-9-11/h2-9,12H2,1H3,(H,13,14). The summed E-state index contributed by atoms with van der Waals surface area (Å²) in [5.74, 6) is -0.111. The summed E-state index contributed by atoms with van der Waals surface area (Å²) < 4.78 is 10.4. The van der Waals surface area contributed by atoms with Crippen LogP contribution in [0.1, 0.15) is 26.2 Å². The first-order valence-electron chi connectivity index (χ1n) is 5.92. The van der Waals surface area contributed by atoms with E-state index in [1.807, 2.05) is 0 Å². The summed E-state index contributed by atoms with van der Waals surface area (Å²) in [6.07, 6.45) is 2.45. The quantitative estimate of drug-likeness (QED) is 0.605. The molecule has 1 unspecified atom stereocenters. The molecule has 0 spiro atoms. The Morgan fingerprint density at radius 3 is 3.00 bits per heavy atom. The van der Waals surface area contributed by atoms with Gasteiger partial charge in [-0.15, -0.1) is 0 Å². The minimum Gasteiger partial charge on any atom is -0.381 e. The van der Waals surface area contributed by atoms with Gasteiger partial charge < -0.3 is 20.5 Å². The third-order valence-corrected chi connectivity index (χ3v) is 2.60. The van der Waals surface area contributed by atoms with Gasteiger partial charge in [-0.3, -0.25) is 4.79 Å². The van der Waals surface area contributed by atoms with Crippen molar-refractivity contribution in [3.63, 3.8) is 0 Å². The van der Waals surface area contributed by atoms with Crippen molar-refractivity contribution in [3.8, 4) is 0 Å². The maximum atomic E-state index is 11.7. The van der Waals surface area contributed by atoms with E-state index in [0.717, 1.165) is 19.4 Å². The second kappa shape index (κ2) is 6.83. The van der Waals surface area contributed by atoms with Gasteiger partial charge in [-0.25, -0.2) is 0 Å². The molecule has 1 saturated heterocycles. The molecule has 1 amide bonds. The Hall–Kier alpha value is -0.650. The fourth-order valence-electron chi connectivity index (χ4n) is 1.56. The van der Waals surface area contributed by atoms with Crippen LogP contribution in [0, 0.1) is 0 Å². The van der Waals surface area contributed by atoms with Crippen LogP contribution in [0.15, 0.2) is 0 Å². The van der Waals surface area contributed by atoms with Gasteiger partial charge in [0.15, 0.2) is 0 Å². The van der Waals surface area contributed by atoms with Crippen molar-refractivity contribution >= 4 is 5.91 Å². The Kier molecular flexibility index (Phi) is 5.73. The van der Waals surface area contributed by atoms with Crippen LogP contribution in [0.5, 0.6) is 0 Å². The van der Waals surface area contributed by atoms with Crippen molar-refractivity contribution < 1.29 is 14.3 Å². The Labute approximate surface area is 96.7 Å². The largest absolute Gasteiger partial charge is 0.381 e. The van der Waals surface area contributed by atoms with E-state index in [1.165, 1.54) is 0 Å². The highest BCUT2D eigenvalue weighted by Gasteiger charge is 2.37. The Bertz CT molecular complexity index is 215. The smallest absolute Gasteiger partial charge is 0.242 e. The Morgan fingerprint density at radius 1 is 1.56 bits per heavy atom. The highest BCUT2D eigenvalue weighted by atomic mass is 16.5. The fourth-order valence-corrected chi connectivity index (χ4v) is 1.56. The molecular formula is C11H22N2O3. The van der Waals surface area contributed by atoms with Crippen LogP contribution in [0.2, 0.25) is 0 Å². The maximum Gasteiger partial charge on any atom is 0.242 e. The van der Waals surface area contributed by atoms with E-state index in [9.17, 15) is 4.79 Å². The lowest BCUT2D eigenvalue weighted by Gasteiger charge is -2.20. The topological polar surface area (TPSA) is 73.6 Å². The summed E-state index contributed by atoms with van der Waals surface area (Å²) in [7, 11) is 0. The SMILES string of the molecule is CCCOCCCNC(=O)C1(N)CCOC1. The van der Waals surface area contributed by atoms with Crippen molar-refractivity contribution in [1.29, 1.82) is 0 Å². The van der Waals surface area contributed by atoms with E-state index in [-0.39, 0.29) is 5.91 Å². The number of rotatable bonds is 7. The van der Waals surface area contributed by atoms with Crippen LogP contribution in [-0.4, -0.2) is 44.4 Å². The molecule has 1 rings (SSSR count). The predicted octanol–water partition coefficient (Wildman–Crippen LogP) is 0.0371. The Morgan fingerprint density at radius 2 is 2.38 bits per heavy atom. The van der Waals surface area contributed by atoms with E-state index in [2.05, 4.69) is 12.2 Å². The van der Waals surface area contributed by atoms with Crippen LogP contribution in [0.25, 0.3) is 0 Å². The van der Waals surface area contributed by atoms with Gasteiger partial charge in [0.25, 0.3) is 0 Å². The molecule has 0 bridgehead atoms. The summed E-state index contributed by atoms with van der Waals surface area (Å²) in [4.78, 5) is 11.7. The lowest BCUT2D eigenvalue weighted by atomic mass is 9.99. The van der Waals surface area contributed by atoms with Crippen LogP contribution >= 0.6 is 0 Å². The van der Waals surface area contributed by atoms with Gasteiger partial charge in [-0.2, -0.15) is 0 Å². The predicted molar refractivity (Wildman–Crippen MR) is 61.1 cm³/mol. The van der Waals surface area contributed by atoms with Gasteiger partial charge in [0, 0.05) is 26.4 Å². The van der Waals surface area contributed by atoms with Crippen molar-refractivity contribution in [2.24, 2.45) is 5.73 Å². The van der Waals surface area contributed by atoms with E-state index in [4.69, 9.17) is 15.2 Å². The summed E-state index contributed by atoms with van der Waals surface area (Å²) in [6, 6.07) is 0. The molecule has 16 heavy (non-hydrogen) atoms. The monoisotopic (exact) mass is 230 g/mol. The molecule has 5 nitrogen and oxygen atoms in total. The first-order valence-corrected chi connectivity index (χ1v) is 5.92. The molecule has 0 aromatic heterocycles. The van der Waals surface area contributed by atoms with Crippen molar-refractivity contribution in [2.45, 2.75) is 31.7 Å². The van der Waals surface area contributed by atoms with Gasteiger partial charge in [0.1, 0.15) is 5.54 Å². The highest BCUT2D eigenvalue weighted by Crippen LogP contribution is 2.15. The fraction of sp³-hybridized carbons (Fsp3) is 0.909. The van der Waals surface area contributed by atoms with Crippen molar-refractivity contribution in [2.75, 3.05) is 33.0 Å². The number of amides is 1. The van der Waals surface area contributed by atoms with Gasteiger partial charge in [0.2, 0.25) is 5.91 Å². The van der Waals surface area contributed by atoms with Gasteiger partial charge >= 0.3 is 0 Å². The summed E-state index contributed by atoms with van der Waals surface area (Å²) >= 11 is 0. The third kappa shape index (κ3) is 4.08. The van der Waals surface area contributed by atoms with Gasteiger partial charge in [0.05, 0.1) is 6.61 Å². The average molecular weight is 230 g/mol. The lowest BCUT2D eigenvalue weighted by Crippen LogP contribution is -2.54. The molecule has 0 aliphatic carbocycles. The molecule has 0 aromatic rings. The molecular weight excluding hydrogens is 208 g/mol. The molecule has 0 radical (unpaired) electrons. The minimum atomic E-state index is -0.815. The lowest BCUT2D eigenvalue weighted by molar-refractivity contribution is -0.126. The Balaban J connectivity index is 2.06. The van der Waals surface area contributed by atoms with Crippen LogP contribution in [0.3, 0.4) is 0 Å². The number of carbonyl (C=O) groups is 1. The number of carbonyl (C=O) groups excluding carboxylic acids is 1. The molecule has 1 aliphatic rings. The van der Waals surface area contributed by atoms with Crippen molar-refractivity contribution in [1.82, 2.24) is 5.32 Å². The number of nitrogens with two attached hydrogens (primary N) is 1.